The maximum absolute atomic E-state index is 12.0. The maximum atomic E-state index is 12.0. The van der Waals surface area contributed by atoms with Crippen LogP contribution in [-0.2, 0) is 6.42 Å². The van der Waals surface area contributed by atoms with E-state index in [1.54, 1.807) is 49.7 Å². The molecule has 2 aromatic rings. The number of Topliss-reactive ketones (excluding diaryl/α,β-unsaturated/α-hetero) is 1. The Bertz CT molecular complexity index is 535. The summed E-state index contributed by atoms with van der Waals surface area (Å²) in [5.74, 6) is 0.779. The molecule has 0 aliphatic carbocycles. The van der Waals surface area contributed by atoms with Gasteiger partial charge in [-0.25, -0.2) is 4.98 Å². The molecule has 4 heteroatoms. The fraction of sp³-hybridized carbons (Fsp3) is 0.143. The molecule has 0 radical (unpaired) electrons. The van der Waals surface area contributed by atoms with Crippen molar-refractivity contribution in [2.45, 2.75) is 6.42 Å². The number of carbonyl (C=O) groups is 1. The minimum atomic E-state index is 0.0433. The van der Waals surface area contributed by atoms with Crippen molar-refractivity contribution in [3.8, 4) is 5.75 Å². The normalized spacial score (nSPS) is 10.1. The monoisotopic (exact) mass is 261 g/mol. The van der Waals surface area contributed by atoms with Crippen molar-refractivity contribution >= 4 is 17.4 Å². The number of benzene rings is 1. The minimum Gasteiger partial charge on any atom is -0.497 e. The van der Waals surface area contributed by atoms with E-state index in [-0.39, 0.29) is 5.78 Å². The van der Waals surface area contributed by atoms with Crippen LogP contribution in [0.5, 0.6) is 5.75 Å². The third-order valence-electron chi connectivity index (χ3n) is 2.57. The van der Waals surface area contributed by atoms with Gasteiger partial charge in [-0.3, -0.25) is 4.79 Å². The zero-order valence-corrected chi connectivity index (χ0v) is 10.6. The van der Waals surface area contributed by atoms with Gasteiger partial charge in [0.05, 0.1) is 7.11 Å². The van der Waals surface area contributed by atoms with Crippen molar-refractivity contribution in [2.24, 2.45) is 0 Å². The Labute approximate surface area is 110 Å². The lowest BCUT2D eigenvalue weighted by Gasteiger charge is -2.03. The fourth-order valence-corrected chi connectivity index (χ4v) is 1.69. The molecule has 0 aliphatic heterocycles. The van der Waals surface area contributed by atoms with E-state index in [1.807, 2.05) is 0 Å². The molecule has 92 valence electrons. The first-order valence-corrected chi connectivity index (χ1v) is 5.84. The number of pyridine rings is 1. The van der Waals surface area contributed by atoms with Crippen LogP contribution in [0.3, 0.4) is 0 Å². The summed E-state index contributed by atoms with van der Waals surface area (Å²) in [5, 5.41) is 0.427. The highest BCUT2D eigenvalue weighted by Crippen LogP contribution is 2.14. The van der Waals surface area contributed by atoms with E-state index >= 15 is 0 Å². The van der Waals surface area contributed by atoms with Crippen molar-refractivity contribution in [1.29, 1.82) is 0 Å². The molecule has 0 saturated heterocycles. The molecule has 0 spiro atoms. The van der Waals surface area contributed by atoms with Crippen LogP contribution < -0.4 is 4.74 Å². The summed E-state index contributed by atoms with van der Waals surface area (Å²) in [7, 11) is 1.59. The molecule has 0 amide bonds. The van der Waals surface area contributed by atoms with E-state index < -0.39 is 0 Å². The van der Waals surface area contributed by atoms with Gasteiger partial charge in [0.2, 0.25) is 0 Å². The summed E-state index contributed by atoms with van der Waals surface area (Å²) in [6, 6.07) is 10.5. The van der Waals surface area contributed by atoms with Gasteiger partial charge in [0.1, 0.15) is 10.9 Å². The molecule has 0 saturated carbocycles. The molecular formula is C14H12ClNO2. The van der Waals surface area contributed by atoms with Gasteiger partial charge in [-0.1, -0.05) is 17.7 Å². The third kappa shape index (κ3) is 3.08. The average molecular weight is 262 g/mol. The number of methoxy groups -OCH3 is 1. The Balaban J connectivity index is 2.09. The maximum Gasteiger partial charge on any atom is 0.167 e. The van der Waals surface area contributed by atoms with Gasteiger partial charge in [0, 0.05) is 18.2 Å². The zero-order valence-electron chi connectivity index (χ0n) is 9.89. The van der Waals surface area contributed by atoms with Crippen LogP contribution in [0.2, 0.25) is 5.15 Å². The van der Waals surface area contributed by atoms with Crippen LogP contribution in [0.15, 0.2) is 42.6 Å². The smallest absolute Gasteiger partial charge is 0.167 e. The number of ketones is 1. The minimum absolute atomic E-state index is 0.0433. The van der Waals surface area contributed by atoms with Crippen molar-refractivity contribution in [1.82, 2.24) is 4.98 Å². The first-order chi connectivity index (χ1) is 8.69. The summed E-state index contributed by atoms with van der Waals surface area (Å²) in [5.41, 5.74) is 1.51. The molecule has 1 heterocycles. The molecule has 0 N–H and O–H groups in total. The topological polar surface area (TPSA) is 39.2 Å². The Morgan fingerprint density at radius 1 is 1.22 bits per heavy atom. The van der Waals surface area contributed by atoms with E-state index in [0.717, 1.165) is 11.3 Å². The molecule has 18 heavy (non-hydrogen) atoms. The van der Waals surface area contributed by atoms with Crippen LogP contribution >= 0.6 is 11.6 Å². The van der Waals surface area contributed by atoms with Gasteiger partial charge in [-0.05, 0) is 35.9 Å². The van der Waals surface area contributed by atoms with Crippen LogP contribution in [0.1, 0.15) is 15.9 Å². The molecule has 1 aromatic heterocycles. The lowest BCUT2D eigenvalue weighted by atomic mass is 10.0. The van der Waals surface area contributed by atoms with E-state index in [1.165, 1.54) is 0 Å². The predicted octanol–water partition coefficient (Wildman–Crippen LogP) is 3.17. The fourth-order valence-electron chi connectivity index (χ4n) is 1.58. The number of halogens is 1. The summed E-state index contributed by atoms with van der Waals surface area (Å²) >= 11 is 5.69. The predicted molar refractivity (Wildman–Crippen MR) is 70.3 cm³/mol. The lowest BCUT2D eigenvalue weighted by molar-refractivity contribution is 0.0993. The Morgan fingerprint density at radius 3 is 2.50 bits per heavy atom. The third-order valence-corrected chi connectivity index (χ3v) is 2.79. The molecular weight excluding hydrogens is 250 g/mol. The highest BCUT2D eigenvalue weighted by atomic mass is 35.5. The summed E-state index contributed by atoms with van der Waals surface area (Å²) in [4.78, 5) is 15.9. The largest absolute Gasteiger partial charge is 0.497 e. The zero-order chi connectivity index (χ0) is 13.0. The summed E-state index contributed by atoms with van der Waals surface area (Å²) in [6.45, 7) is 0. The van der Waals surface area contributed by atoms with Gasteiger partial charge >= 0.3 is 0 Å². The van der Waals surface area contributed by atoms with E-state index in [2.05, 4.69) is 4.98 Å². The molecule has 0 aliphatic rings. The Morgan fingerprint density at radius 2 is 1.94 bits per heavy atom. The van der Waals surface area contributed by atoms with Crippen molar-refractivity contribution < 1.29 is 9.53 Å². The second-order valence-electron chi connectivity index (χ2n) is 3.82. The van der Waals surface area contributed by atoms with Crippen LogP contribution in [0, 0.1) is 0 Å². The number of aromatic nitrogens is 1. The molecule has 3 nitrogen and oxygen atoms in total. The summed E-state index contributed by atoms with van der Waals surface area (Å²) in [6.07, 6.45) is 1.93. The van der Waals surface area contributed by atoms with Gasteiger partial charge in [0.25, 0.3) is 0 Å². The molecule has 0 atom stereocenters. The molecule has 0 unspecified atom stereocenters. The first kappa shape index (κ1) is 12.6. The highest BCUT2D eigenvalue weighted by Gasteiger charge is 2.07. The van der Waals surface area contributed by atoms with Crippen molar-refractivity contribution in [3.05, 3.63) is 58.9 Å². The SMILES string of the molecule is COc1ccc(C(=O)Cc2ccc(Cl)nc2)cc1. The van der Waals surface area contributed by atoms with Gasteiger partial charge in [0.15, 0.2) is 5.78 Å². The number of rotatable bonds is 4. The van der Waals surface area contributed by atoms with Crippen molar-refractivity contribution in [3.63, 3.8) is 0 Å². The van der Waals surface area contributed by atoms with Gasteiger partial charge in [-0.15, -0.1) is 0 Å². The molecule has 0 fully saturated rings. The molecule has 1 aromatic carbocycles. The van der Waals surface area contributed by atoms with Crippen molar-refractivity contribution in [2.75, 3.05) is 7.11 Å². The van der Waals surface area contributed by atoms with E-state index in [0.29, 0.717) is 17.1 Å². The number of hydrogen-bond donors (Lipinski definition) is 0. The second-order valence-corrected chi connectivity index (χ2v) is 4.20. The van der Waals surface area contributed by atoms with Gasteiger partial charge < -0.3 is 4.74 Å². The highest BCUT2D eigenvalue weighted by molar-refractivity contribution is 6.29. The van der Waals surface area contributed by atoms with E-state index in [4.69, 9.17) is 16.3 Å². The number of carbonyl (C=O) groups excluding carboxylic acids is 1. The number of nitrogens with zero attached hydrogens (tertiary/aromatic N) is 1. The quantitative estimate of drug-likeness (QED) is 0.627. The summed E-state index contributed by atoms with van der Waals surface area (Å²) < 4.78 is 5.04. The lowest BCUT2D eigenvalue weighted by Crippen LogP contribution is -2.03. The standard InChI is InChI=1S/C14H12ClNO2/c1-18-12-5-3-11(4-6-12)13(17)8-10-2-7-14(15)16-9-10/h2-7,9H,8H2,1H3. The van der Waals surface area contributed by atoms with Crippen LogP contribution in [0.25, 0.3) is 0 Å². The molecule has 2 rings (SSSR count). The molecule has 0 bridgehead atoms. The number of hydrogen-bond acceptors (Lipinski definition) is 3. The Hall–Kier alpha value is -1.87. The van der Waals surface area contributed by atoms with Crippen LogP contribution in [0.4, 0.5) is 0 Å². The number of ether oxygens (including phenoxy) is 1. The van der Waals surface area contributed by atoms with Crippen LogP contribution in [-0.4, -0.2) is 17.9 Å². The average Bonchev–Trinajstić information content (AvgIpc) is 2.41. The van der Waals surface area contributed by atoms with Gasteiger partial charge in [-0.2, -0.15) is 0 Å². The first-order valence-electron chi connectivity index (χ1n) is 5.47. The second kappa shape index (κ2) is 5.65. The van der Waals surface area contributed by atoms with E-state index in [9.17, 15) is 4.79 Å². The Kier molecular flexibility index (Phi) is 3.95.